The van der Waals surface area contributed by atoms with Gasteiger partial charge in [-0.25, -0.2) is 18.7 Å². The van der Waals surface area contributed by atoms with Crippen LogP contribution in [0, 0.1) is 18.6 Å². The number of fused-ring (bicyclic) bond motifs is 1. The minimum atomic E-state index is -0.765. The number of hydrogen-bond acceptors (Lipinski definition) is 4. The summed E-state index contributed by atoms with van der Waals surface area (Å²) in [6.45, 7) is 1.92. The summed E-state index contributed by atoms with van der Waals surface area (Å²) in [4.78, 5) is 9.77. The van der Waals surface area contributed by atoms with Crippen LogP contribution in [0.2, 0.25) is 0 Å². The van der Waals surface area contributed by atoms with Crippen molar-refractivity contribution in [2.45, 2.75) is 6.92 Å². The van der Waals surface area contributed by atoms with E-state index >= 15 is 0 Å². The minimum absolute atomic E-state index is 0.151. The third kappa shape index (κ3) is 2.15. The number of benzene rings is 1. The third-order valence-electron chi connectivity index (χ3n) is 2.53. The molecule has 1 aromatic carbocycles. The molecule has 0 spiro atoms. The Hall–Kier alpha value is -2.08. The van der Waals surface area contributed by atoms with Crippen molar-refractivity contribution >= 4 is 21.6 Å². The van der Waals surface area contributed by atoms with Crippen LogP contribution in [0.1, 0.15) is 4.88 Å². The van der Waals surface area contributed by atoms with Gasteiger partial charge in [0, 0.05) is 4.88 Å². The van der Waals surface area contributed by atoms with Gasteiger partial charge in [-0.15, -0.1) is 11.3 Å². The molecule has 6 heteroatoms. The second-order valence-corrected chi connectivity index (χ2v) is 5.14. The maximum atomic E-state index is 13.5. The van der Waals surface area contributed by atoms with Crippen LogP contribution in [0.15, 0.2) is 30.6 Å². The van der Waals surface area contributed by atoms with E-state index in [0.717, 1.165) is 21.8 Å². The highest BCUT2D eigenvalue weighted by molar-refractivity contribution is 7.18. The van der Waals surface area contributed by atoms with Gasteiger partial charge in [0.1, 0.15) is 11.2 Å². The number of nitrogens with zero attached hydrogens (tertiary/aromatic N) is 2. The molecule has 19 heavy (non-hydrogen) atoms. The number of aromatic nitrogens is 2. The molecule has 2 aromatic heterocycles. The van der Waals surface area contributed by atoms with Crippen molar-refractivity contribution in [3.63, 3.8) is 0 Å². The highest BCUT2D eigenvalue weighted by Gasteiger charge is 2.14. The van der Waals surface area contributed by atoms with Gasteiger partial charge in [0.2, 0.25) is 11.6 Å². The van der Waals surface area contributed by atoms with Gasteiger partial charge in [-0.2, -0.15) is 0 Å². The van der Waals surface area contributed by atoms with E-state index in [4.69, 9.17) is 4.74 Å². The zero-order valence-corrected chi connectivity index (χ0v) is 10.7. The largest absolute Gasteiger partial charge is 0.432 e. The van der Waals surface area contributed by atoms with Crippen molar-refractivity contribution in [2.75, 3.05) is 0 Å². The maximum Gasteiger partial charge on any atom is 0.231 e. The molecule has 3 nitrogen and oxygen atoms in total. The molecule has 0 N–H and O–H groups in total. The molecule has 0 unspecified atom stereocenters. The topological polar surface area (TPSA) is 35.0 Å². The van der Waals surface area contributed by atoms with Gasteiger partial charge >= 0.3 is 0 Å². The van der Waals surface area contributed by atoms with Crippen molar-refractivity contribution in [3.8, 4) is 11.6 Å². The Kier molecular flexibility index (Phi) is 2.87. The average Bonchev–Trinajstić information content (AvgIpc) is 2.75. The van der Waals surface area contributed by atoms with Gasteiger partial charge in [0.05, 0.1) is 5.39 Å². The van der Waals surface area contributed by atoms with Crippen molar-refractivity contribution in [1.29, 1.82) is 0 Å². The van der Waals surface area contributed by atoms with Crippen LogP contribution in [0.4, 0.5) is 8.78 Å². The normalized spacial score (nSPS) is 10.9. The van der Waals surface area contributed by atoms with Gasteiger partial charge in [-0.1, -0.05) is 6.07 Å². The number of aryl methyl sites for hydroxylation is 1. The zero-order chi connectivity index (χ0) is 13.4. The monoisotopic (exact) mass is 278 g/mol. The molecule has 0 radical (unpaired) electrons. The first-order valence-corrected chi connectivity index (χ1v) is 6.30. The lowest BCUT2D eigenvalue weighted by Gasteiger charge is -2.07. The standard InChI is InChI=1S/C13H8F2N2OS/c1-7-5-8-12(16-6-17-13(8)19-7)18-11-9(14)3-2-4-10(11)15/h2-6H,1H3. The van der Waals surface area contributed by atoms with Gasteiger partial charge in [-0.3, -0.25) is 0 Å². The van der Waals surface area contributed by atoms with Crippen LogP contribution >= 0.6 is 11.3 Å². The first-order chi connectivity index (χ1) is 9.15. The SMILES string of the molecule is Cc1cc2c(Oc3c(F)cccc3F)ncnc2s1. The molecule has 0 amide bonds. The van der Waals surface area contributed by atoms with E-state index in [9.17, 15) is 8.78 Å². The third-order valence-corrected chi connectivity index (χ3v) is 3.49. The molecule has 3 aromatic rings. The van der Waals surface area contributed by atoms with E-state index in [-0.39, 0.29) is 5.88 Å². The average molecular weight is 278 g/mol. The minimum Gasteiger partial charge on any atom is -0.432 e. The molecule has 96 valence electrons. The summed E-state index contributed by atoms with van der Waals surface area (Å²) in [6, 6.07) is 5.38. The van der Waals surface area contributed by atoms with E-state index in [1.807, 2.05) is 13.0 Å². The smallest absolute Gasteiger partial charge is 0.231 e. The maximum absolute atomic E-state index is 13.5. The molecule has 0 aliphatic rings. The van der Waals surface area contributed by atoms with Crippen LogP contribution in [-0.2, 0) is 0 Å². The van der Waals surface area contributed by atoms with Crippen LogP contribution < -0.4 is 4.74 Å². The molecular formula is C13H8F2N2OS. The van der Waals surface area contributed by atoms with Crippen LogP contribution in [-0.4, -0.2) is 9.97 Å². The molecule has 0 saturated heterocycles. The second-order valence-electron chi connectivity index (χ2n) is 3.91. The van der Waals surface area contributed by atoms with Crippen molar-refractivity contribution in [1.82, 2.24) is 9.97 Å². The van der Waals surface area contributed by atoms with E-state index in [1.54, 1.807) is 0 Å². The molecule has 0 fully saturated rings. The van der Waals surface area contributed by atoms with Crippen molar-refractivity contribution in [2.24, 2.45) is 0 Å². The summed E-state index contributed by atoms with van der Waals surface area (Å²) in [6.07, 6.45) is 1.31. The van der Waals surface area contributed by atoms with E-state index < -0.39 is 17.4 Å². The Morgan fingerprint density at radius 2 is 1.89 bits per heavy atom. The molecule has 0 aliphatic heterocycles. The fraction of sp³-hybridized carbons (Fsp3) is 0.0769. The molecule has 0 saturated carbocycles. The van der Waals surface area contributed by atoms with Crippen LogP contribution in [0.25, 0.3) is 10.2 Å². The van der Waals surface area contributed by atoms with Crippen molar-refractivity contribution < 1.29 is 13.5 Å². The van der Waals surface area contributed by atoms with Gasteiger partial charge in [0.15, 0.2) is 11.6 Å². The summed E-state index contributed by atoms with van der Waals surface area (Å²) in [7, 11) is 0. The summed E-state index contributed by atoms with van der Waals surface area (Å²) in [5, 5.41) is 0.646. The molecule has 0 aliphatic carbocycles. The fourth-order valence-corrected chi connectivity index (χ4v) is 2.55. The Bertz CT molecular complexity index is 737. The second kappa shape index (κ2) is 4.55. The van der Waals surface area contributed by atoms with Gasteiger partial charge in [-0.05, 0) is 25.1 Å². The van der Waals surface area contributed by atoms with E-state index in [0.29, 0.717) is 5.39 Å². The van der Waals surface area contributed by atoms with E-state index in [2.05, 4.69) is 9.97 Å². The first-order valence-electron chi connectivity index (χ1n) is 5.48. The Morgan fingerprint density at radius 1 is 1.16 bits per heavy atom. The molecule has 0 atom stereocenters. The predicted molar refractivity (Wildman–Crippen MR) is 68.6 cm³/mol. The predicted octanol–water partition coefficient (Wildman–Crippen LogP) is 4.07. The number of para-hydroxylation sites is 1. The Balaban J connectivity index is 2.11. The lowest BCUT2D eigenvalue weighted by Crippen LogP contribution is -1.94. The number of hydrogen-bond donors (Lipinski definition) is 0. The molecule has 0 bridgehead atoms. The van der Waals surface area contributed by atoms with Gasteiger partial charge < -0.3 is 4.74 Å². The number of ether oxygens (including phenoxy) is 1. The highest BCUT2D eigenvalue weighted by Crippen LogP contribution is 2.33. The van der Waals surface area contributed by atoms with Crippen LogP contribution in [0.5, 0.6) is 11.6 Å². The Labute approximate surface area is 111 Å². The summed E-state index contributed by atoms with van der Waals surface area (Å²) in [5.74, 6) is -1.83. The molecule has 3 rings (SSSR count). The lowest BCUT2D eigenvalue weighted by molar-refractivity contribution is 0.399. The number of rotatable bonds is 2. The van der Waals surface area contributed by atoms with E-state index in [1.165, 1.54) is 23.7 Å². The number of thiophene rings is 1. The quantitative estimate of drug-likeness (QED) is 0.708. The van der Waals surface area contributed by atoms with Gasteiger partial charge in [0.25, 0.3) is 0 Å². The molecule has 2 heterocycles. The summed E-state index contributed by atoms with van der Waals surface area (Å²) in [5.41, 5.74) is 0. The van der Waals surface area contributed by atoms with Crippen molar-refractivity contribution in [3.05, 3.63) is 47.1 Å². The highest BCUT2D eigenvalue weighted by atomic mass is 32.1. The first kappa shape index (κ1) is 12.0. The summed E-state index contributed by atoms with van der Waals surface area (Å²) < 4.78 is 32.3. The van der Waals surface area contributed by atoms with Crippen LogP contribution in [0.3, 0.4) is 0 Å². The summed E-state index contributed by atoms with van der Waals surface area (Å²) >= 11 is 1.47. The lowest BCUT2D eigenvalue weighted by atomic mass is 10.3. The number of halogens is 2. The Morgan fingerprint density at radius 3 is 2.63 bits per heavy atom. The zero-order valence-electron chi connectivity index (χ0n) is 9.85. The fourth-order valence-electron chi connectivity index (χ4n) is 1.71. The molecular weight excluding hydrogens is 270 g/mol.